The van der Waals surface area contributed by atoms with E-state index in [4.69, 9.17) is 32.7 Å². The molecule has 0 aliphatic carbocycles. The predicted molar refractivity (Wildman–Crippen MR) is 168 cm³/mol. The van der Waals surface area contributed by atoms with Crippen LogP contribution >= 0.6 is 23.2 Å². The summed E-state index contributed by atoms with van der Waals surface area (Å²) in [7, 11) is 0. The molecule has 0 N–H and O–H groups in total. The molecule has 1 spiro atoms. The third-order valence-corrected chi connectivity index (χ3v) is 10.1. The Morgan fingerprint density at radius 3 is 2.50 bits per heavy atom. The lowest BCUT2D eigenvalue weighted by Crippen LogP contribution is -2.54. The molecular formula is C32H33Cl2N7O5. The first-order valence-corrected chi connectivity index (χ1v) is 16.1. The predicted octanol–water partition coefficient (Wildman–Crippen LogP) is 3.76. The fraction of sp³-hybridized carbons (Fsp3) is 0.438. The van der Waals surface area contributed by atoms with Gasteiger partial charge in [-0.25, -0.2) is 4.79 Å². The quantitative estimate of drug-likeness (QED) is 0.365. The second-order valence-electron chi connectivity index (χ2n) is 12.1. The number of tetrazole rings is 1. The first-order chi connectivity index (χ1) is 22.1. The van der Waals surface area contributed by atoms with Crippen molar-refractivity contribution in [3.05, 3.63) is 81.1 Å². The van der Waals surface area contributed by atoms with E-state index in [9.17, 15) is 14.4 Å². The third-order valence-electron chi connectivity index (χ3n) is 9.49. The van der Waals surface area contributed by atoms with E-state index >= 15 is 0 Å². The summed E-state index contributed by atoms with van der Waals surface area (Å²) in [4.78, 5) is 46.0. The minimum Gasteiger partial charge on any atom is -0.450 e. The number of amides is 3. The van der Waals surface area contributed by atoms with E-state index in [1.54, 1.807) is 44.5 Å². The van der Waals surface area contributed by atoms with Gasteiger partial charge in [-0.05, 0) is 54.5 Å². The summed E-state index contributed by atoms with van der Waals surface area (Å²) in [5.74, 6) is -1.49. The Balaban J connectivity index is 1.24. The number of nitrogens with zero attached hydrogens (tertiary/aromatic N) is 7. The molecule has 5 heterocycles. The van der Waals surface area contributed by atoms with Gasteiger partial charge in [0.05, 0.1) is 36.8 Å². The highest BCUT2D eigenvalue weighted by Crippen LogP contribution is 2.54. The SMILES string of the molecule is CCOC(=O)N1CCN(C(=O)C2C3C=CC4(CN(C(c5ccc(Cl)cc5Cl)c5nnnn5-c5c(C)cccc5C)C(=O)C24)O3)CC1. The van der Waals surface area contributed by atoms with Crippen LogP contribution in [0.15, 0.2) is 48.6 Å². The molecule has 5 unspecified atom stereocenters. The fourth-order valence-corrected chi connectivity index (χ4v) is 7.91. The number of benzene rings is 2. The highest BCUT2D eigenvalue weighted by Gasteiger charge is 2.68. The second-order valence-corrected chi connectivity index (χ2v) is 13.0. The number of aryl methyl sites for hydroxylation is 2. The second kappa shape index (κ2) is 11.7. The summed E-state index contributed by atoms with van der Waals surface area (Å²) in [6, 6.07) is 10.2. The summed E-state index contributed by atoms with van der Waals surface area (Å²) in [6.45, 7) is 7.56. The first kappa shape index (κ1) is 30.6. The number of fused-ring (bicyclic) bond motifs is 1. The molecule has 2 aromatic carbocycles. The number of hydrogen-bond donors (Lipinski definition) is 0. The standard InChI is InChI=1S/C32H33Cl2N7O5/c1-4-45-31(44)39-14-12-38(13-15-39)29(42)24-23-10-11-32(46-23)17-40(30(43)25(24)32)27(21-9-8-20(33)16-22(21)34)28-35-36-37-41(28)26-18(2)6-5-7-19(26)3/h5-11,16,23-25,27H,4,12-15,17H2,1-3H3. The van der Waals surface area contributed by atoms with Crippen LogP contribution in [0, 0.1) is 25.7 Å². The lowest BCUT2D eigenvalue weighted by molar-refractivity contribution is -0.144. The van der Waals surface area contributed by atoms with Crippen LogP contribution < -0.4 is 0 Å². The molecule has 4 aliphatic rings. The van der Waals surface area contributed by atoms with E-state index in [1.807, 2.05) is 44.2 Å². The number of aromatic nitrogens is 4. The van der Waals surface area contributed by atoms with Crippen molar-refractivity contribution in [1.29, 1.82) is 0 Å². The Labute approximate surface area is 275 Å². The van der Waals surface area contributed by atoms with Gasteiger partial charge in [0.1, 0.15) is 11.6 Å². The first-order valence-electron chi connectivity index (χ1n) is 15.3. The number of likely N-dealkylation sites (tertiary alicyclic amines) is 1. The smallest absolute Gasteiger partial charge is 0.409 e. The molecule has 3 fully saturated rings. The van der Waals surface area contributed by atoms with Crippen molar-refractivity contribution in [3.63, 3.8) is 0 Å². The van der Waals surface area contributed by atoms with Crippen LogP contribution in [-0.2, 0) is 19.1 Å². The number of ether oxygens (including phenoxy) is 2. The maximum absolute atomic E-state index is 14.7. The van der Waals surface area contributed by atoms with E-state index < -0.39 is 35.7 Å². The van der Waals surface area contributed by atoms with E-state index in [0.29, 0.717) is 47.6 Å². The molecule has 0 saturated carbocycles. The van der Waals surface area contributed by atoms with Crippen molar-refractivity contribution < 1.29 is 23.9 Å². The Morgan fingerprint density at radius 1 is 1.09 bits per heavy atom. The molecule has 240 valence electrons. The molecule has 3 aromatic rings. The molecule has 2 bridgehead atoms. The average Bonchev–Trinajstić information content (AvgIpc) is 3.80. The molecule has 1 aromatic heterocycles. The summed E-state index contributed by atoms with van der Waals surface area (Å²) in [5.41, 5.74) is 2.31. The number of rotatable bonds is 6. The Hall–Kier alpha value is -4.00. The molecule has 4 aliphatic heterocycles. The summed E-state index contributed by atoms with van der Waals surface area (Å²) < 4.78 is 13.3. The highest BCUT2D eigenvalue weighted by molar-refractivity contribution is 6.35. The minimum absolute atomic E-state index is 0.165. The number of para-hydroxylation sites is 1. The lowest BCUT2D eigenvalue weighted by Gasteiger charge is -2.37. The Kier molecular flexibility index (Phi) is 7.77. The van der Waals surface area contributed by atoms with Crippen LogP contribution in [0.2, 0.25) is 10.0 Å². The van der Waals surface area contributed by atoms with Gasteiger partial charge in [-0.1, -0.05) is 59.6 Å². The zero-order valence-corrected chi connectivity index (χ0v) is 27.1. The topological polar surface area (TPSA) is 123 Å². The Bertz CT molecular complexity index is 1740. The van der Waals surface area contributed by atoms with Crippen LogP contribution in [-0.4, -0.2) is 104 Å². The molecular weight excluding hydrogens is 633 g/mol. The highest BCUT2D eigenvalue weighted by atomic mass is 35.5. The van der Waals surface area contributed by atoms with Gasteiger partial charge in [0.15, 0.2) is 5.82 Å². The number of piperazine rings is 1. The maximum Gasteiger partial charge on any atom is 0.409 e. The molecule has 12 nitrogen and oxygen atoms in total. The molecule has 46 heavy (non-hydrogen) atoms. The number of carbonyl (C=O) groups excluding carboxylic acids is 3. The zero-order valence-electron chi connectivity index (χ0n) is 25.6. The van der Waals surface area contributed by atoms with Crippen molar-refractivity contribution in [3.8, 4) is 5.69 Å². The summed E-state index contributed by atoms with van der Waals surface area (Å²) in [5, 5.41) is 13.6. The summed E-state index contributed by atoms with van der Waals surface area (Å²) in [6.07, 6.45) is 2.88. The molecule has 0 radical (unpaired) electrons. The van der Waals surface area contributed by atoms with Gasteiger partial charge in [0, 0.05) is 41.8 Å². The average molecular weight is 667 g/mol. The van der Waals surface area contributed by atoms with E-state index in [1.165, 1.54) is 0 Å². The summed E-state index contributed by atoms with van der Waals surface area (Å²) >= 11 is 13.1. The van der Waals surface area contributed by atoms with E-state index in [0.717, 1.165) is 16.8 Å². The monoisotopic (exact) mass is 665 g/mol. The van der Waals surface area contributed by atoms with Gasteiger partial charge in [-0.2, -0.15) is 4.68 Å². The minimum atomic E-state index is -0.997. The van der Waals surface area contributed by atoms with E-state index in [2.05, 4.69) is 15.5 Å². The van der Waals surface area contributed by atoms with Crippen molar-refractivity contribution in [2.24, 2.45) is 11.8 Å². The van der Waals surface area contributed by atoms with Crippen molar-refractivity contribution >= 4 is 41.1 Å². The van der Waals surface area contributed by atoms with Crippen molar-refractivity contribution in [2.75, 3.05) is 39.3 Å². The van der Waals surface area contributed by atoms with Crippen molar-refractivity contribution in [2.45, 2.75) is 38.5 Å². The van der Waals surface area contributed by atoms with Gasteiger partial charge in [0.25, 0.3) is 0 Å². The molecule has 3 amide bonds. The maximum atomic E-state index is 14.7. The largest absolute Gasteiger partial charge is 0.450 e. The van der Waals surface area contributed by atoms with Crippen LogP contribution in [0.25, 0.3) is 5.69 Å². The lowest BCUT2D eigenvalue weighted by atomic mass is 9.76. The van der Waals surface area contributed by atoms with Crippen LogP contribution in [0.4, 0.5) is 4.79 Å². The number of halogens is 2. The molecule has 3 saturated heterocycles. The van der Waals surface area contributed by atoms with Crippen LogP contribution in [0.3, 0.4) is 0 Å². The third kappa shape index (κ3) is 4.85. The van der Waals surface area contributed by atoms with Gasteiger partial charge >= 0.3 is 6.09 Å². The van der Waals surface area contributed by atoms with Gasteiger partial charge in [-0.15, -0.1) is 5.10 Å². The Morgan fingerprint density at radius 2 is 1.80 bits per heavy atom. The van der Waals surface area contributed by atoms with Gasteiger partial charge < -0.3 is 24.2 Å². The van der Waals surface area contributed by atoms with Gasteiger partial charge in [-0.3, -0.25) is 9.59 Å². The fourth-order valence-electron chi connectivity index (χ4n) is 7.40. The molecule has 7 rings (SSSR count). The van der Waals surface area contributed by atoms with Crippen LogP contribution in [0.1, 0.15) is 35.5 Å². The zero-order chi connectivity index (χ0) is 32.3. The molecule has 5 atom stereocenters. The van der Waals surface area contributed by atoms with Crippen LogP contribution in [0.5, 0.6) is 0 Å². The normalized spacial score (nSPS) is 25.7. The number of hydrogen-bond acceptors (Lipinski definition) is 8. The number of carbonyl (C=O) groups is 3. The van der Waals surface area contributed by atoms with Crippen molar-refractivity contribution in [1.82, 2.24) is 34.9 Å². The van der Waals surface area contributed by atoms with Gasteiger partial charge in [0.2, 0.25) is 11.8 Å². The van der Waals surface area contributed by atoms with E-state index in [-0.39, 0.29) is 25.0 Å². The molecule has 14 heteroatoms.